The summed E-state index contributed by atoms with van der Waals surface area (Å²) >= 11 is 0. The lowest BCUT2D eigenvalue weighted by Crippen LogP contribution is -2.47. The number of methoxy groups -OCH3 is 1. The Balaban J connectivity index is 1.95. The van der Waals surface area contributed by atoms with Crippen molar-refractivity contribution in [3.63, 3.8) is 0 Å². The molecule has 8 nitrogen and oxygen atoms in total. The summed E-state index contributed by atoms with van der Waals surface area (Å²) in [6.07, 6.45) is 0.800. The minimum absolute atomic E-state index is 0.290. The van der Waals surface area contributed by atoms with Crippen molar-refractivity contribution in [3.05, 3.63) is 29.8 Å². The molecule has 2 rings (SSSR count). The summed E-state index contributed by atoms with van der Waals surface area (Å²) in [7, 11) is 1.29. The molecule has 0 bridgehead atoms. The molecule has 8 heteroatoms. The van der Waals surface area contributed by atoms with Crippen LogP contribution >= 0.6 is 0 Å². The van der Waals surface area contributed by atoms with E-state index < -0.39 is 18.1 Å². The molecule has 1 aliphatic heterocycles. The lowest BCUT2D eigenvalue weighted by Gasteiger charge is -2.22. The first-order valence-corrected chi connectivity index (χ1v) is 7.74. The van der Waals surface area contributed by atoms with Crippen LogP contribution in [-0.2, 0) is 14.3 Å². The van der Waals surface area contributed by atoms with Crippen molar-refractivity contribution in [1.82, 2.24) is 10.3 Å². The Labute approximate surface area is 140 Å². The van der Waals surface area contributed by atoms with Crippen LogP contribution < -0.4 is 10.9 Å². The zero-order chi connectivity index (χ0) is 17.5. The van der Waals surface area contributed by atoms with Gasteiger partial charge in [-0.05, 0) is 38.0 Å². The Morgan fingerprint density at radius 3 is 2.83 bits per heavy atom. The molecule has 1 heterocycles. The van der Waals surface area contributed by atoms with Gasteiger partial charge in [-0.1, -0.05) is 6.07 Å². The predicted molar refractivity (Wildman–Crippen MR) is 86.3 cm³/mol. The molecule has 0 radical (unpaired) electrons. The van der Waals surface area contributed by atoms with Gasteiger partial charge in [0.15, 0.2) is 0 Å². The highest BCUT2D eigenvalue weighted by Gasteiger charge is 2.34. The van der Waals surface area contributed by atoms with Crippen LogP contribution in [0.1, 0.15) is 30.1 Å². The molecule has 130 valence electrons. The Morgan fingerprint density at radius 2 is 2.12 bits per heavy atom. The van der Waals surface area contributed by atoms with E-state index in [1.165, 1.54) is 12.0 Å². The van der Waals surface area contributed by atoms with Gasteiger partial charge in [-0.2, -0.15) is 0 Å². The van der Waals surface area contributed by atoms with Gasteiger partial charge in [-0.15, -0.1) is 0 Å². The number of amides is 2. The average molecular weight is 335 g/mol. The number of hydrogen-bond donors (Lipinski definition) is 2. The van der Waals surface area contributed by atoms with Crippen LogP contribution in [0.4, 0.5) is 10.5 Å². The molecule has 0 aliphatic carbocycles. The van der Waals surface area contributed by atoms with Crippen LogP contribution in [0.15, 0.2) is 24.3 Å². The SMILES string of the molecule is CCOC(=O)c1cccc(NNC(=O)C2CCCN2C(=O)OC)c1. The second-order valence-corrected chi connectivity index (χ2v) is 5.24. The van der Waals surface area contributed by atoms with Gasteiger partial charge < -0.3 is 9.47 Å². The van der Waals surface area contributed by atoms with E-state index in [0.29, 0.717) is 24.2 Å². The molecule has 2 N–H and O–H groups in total. The standard InChI is InChI=1S/C16H21N3O5/c1-3-24-15(21)11-6-4-7-12(10-11)17-18-14(20)13-8-5-9-19(13)16(22)23-2/h4,6-7,10,13,17H,3,5,8-9H2,1-2H3,(H,18,20). The molecule has 0 saturated carbocycles. The number of nitrogens with one attached hydrogen (secondary N) is 2. The van der Waals surface area contributed by atoms with Gasteiger partial charge >= 0.3 is 12.1 Å². The van der Waals surface area contributed by atoms with Gasteiger partial charge in [-0.3, -0.25) is 20.5 Å². The molecule has 0 aromatic heterocycles. The number of carbonyl (C=O) groups is 3. The zero-order valence-corrected chi connectivity index (χ0v) is 13.7. The maximum atomic E-state index is 12.3. The summed E-state index contributed by atoms with van der Waals surface area (Å²) in [6.45, 7) is 2.51. The molecule has 1 aromatic carbocycles. The molecule has 1 fully saturated rings. The molecule has 1 unspecified atom stereocenters. The summed E-state index contributed by atoms with van der Waals surface area (Å²) in [6, 6.07) is 6.01. The summed E-state index contributed by atoms with van der Waals surface area (Å²) in [5, 5.41) is 0. The summed E-state index contributed by atoms with van der Waals surface area (Å²) in [5.74, 6) is -0.764. The van der Waals surface area contributed by atoms with Crippen molar-refractivity contribution in [3.8, 4) is 0 Å². The molecule has 1 aromatic rings. The molecule has 24 heavy (non-hydrogen) atoms. The topological polar surface area (TPSA) is 97.0 Å². The molecule has 2 amide bonds. The first-order chi connectivity index (χ1) is 11.6. The van der Waals surface area contributed by atoms with E-state index in [9.17, 15) is 14.4 Å². The van der Waals surface area contributed by atoms with Crippen LogP contribution in [0.3, 0.4) is 0 Å². The third-order valence-electron chi connectivity index (χ3n) is 3.67. The fourth-order valence-corrected chi connectivity index (χ4v) is 2.53. The fraction of sp³-hybridized carbons (Fsp3) is 0.438. The molecule has 1 atom stereocenters. The van der Waals surface area contributed by atoms with E-state index in [1.807, 2.05) is 0 Å². The molecule has 1 aliphatic rings. The number of carbonyl (C=O) groups excluding carboxylic acids is 3. The van der Waals surface area contributed by atoms with Gasteiger partial charge in [0.1, 0.15) is 6.04 Å². The quantitative estimate of drug-likeness (QED) is 0.626. The van der Waals surface area contributed by atoms with Gasteiger partial charge in [0.25, 0.3) is 5.91 Å². The van der Waals surface area contributed by atoms with Crippen molar-refractivity contribution < 1.29 is 23.9 Å². The summed E-state index contributed by atoms with van der Waals surface area (Å²) in [5.41, 5.74) is 6.23. The minimum atomic E-state index is -0.571. The number of likely N-dealkylation sites (tertiary alicyclic amines) is 1. The fourth-order valence-electron chi connectivity index (χ4n) is 2.53. The van der Waals surface area contributed by atoms with E-state index in [-0.39, 0.29) is 12.5 Å². The number of esters is 1. The van der Waals surface area contributed by atoms with E-state index >= 15 is 0 Å². The van der Waals surface area contributed by atoms with Crippen molar-refractivity contribution in [2.75, 3.05) is 25.7 Å². The van der Waals surface area contributed by atoms with Gasteiger partial charge in [-0.25, -0.2) is 9.59 Å². The zero-order valence-electron chi connectivity index (χ0n) is 13.7. The number of nitrogens with zero attached hydrogens (tertiary/aromatic N) is 1. The van der Waals surface area contributed by atoms with Crippen molar-refractivity contribution in [2.24, 2.45) is 0 Å². The smallest absolute Gasteiger partial charge is 0.410 e. The Kier molecular flexibility index (Phi) is 6.00. The molecular weight excluding hydrogens is 314 g/mol. The second-order valence-electron chi connectivity index (χ2n) is 5.24. The van der Waals surface area contributed by atoms with Crippen LogP contribution in [-0.4, -0.2) is 49.2 Å². The van der Waals surface area contributed by atoms with Gasteiger partial charge in [0, 0.05) is 6.54 Å². The van der Waals surface area contributed by atoms with E-state index in [2.05, 4.69) is 15.6 Å². The van der Waals surface area contributed by atoms with Crippen LogP contribution in [0.25, 0.3) is 0 Å². The average Bonchev–Trinajstić information content (AvgIpc) is 3.09. The monoisotopic (exact) mass is 335 g/mol. The molecule has 1 saturated heterocycles. The van der Waals surface area contributed by atoms with E-state index in [1.54, 1.807) is 31.2 Å². The highest BCUT2D eigenvalue weighted by Crippen LogP contribution is 2.18. The highest BCUT2D eigenvalue weighted by molar-refractivity contribution is 5.91. The highest BCUT2D eigenvalue weighted by atomic mass is 16.5. The Morgan fingerprint density at radius 1 is 1.33 bits per heavy atom. The normalized spacial score (nSPS) is 16.4. The van der Waals surface area contributed by atoms with E-state index in [4.69, 9.17) is 4.74 Å². The number of ether oxygens (including phenoxy) is 2. The van der Waals surface area contributed by atoms with Crippen LogP contribution in [0.2, 0.25) is 0 Å². The van der Waals surface area contributed by atoms with Crippen molar-refractivity contribution >= 4 is 23.7 Å². The Hall–Kier alpha value is -2.77. The Bertz CT molecular complexity index is 619. The van der Waals surface area contributed by atoms with Crippen LogP contribution in [0, 0.1) is 0 Å². The van der Waals surface area contributed by atoms with Gasteiger partial charge in [0.05, 0.1) is 25.0 Å². The van der Waals surface area contributed by atoms with Crippen molar-refractivity contribution in [2.45, 2.75) is 25.8 Å². The third kappa shape index (κ3) is 4.15. The number of rotatable bonds is 5. The molecular formula is C16H21N3O5. The lowest BCUT2D eigenvalue weighted by atomic mass is 10.2. The predicted octanol–water partition coefficient (Wildman–Crippen LogP) is 1.54. The number of hydrazine groups is 1. The van der Waals surface area contributed by atoms with Crippen LogP contribution in [0.5, 0.6) is 0 Å². The summed E-state index contributed by atoms with van der Waals surface area (Å²) < 4.78 is 9.61. The number of benzene rings is 1. The van der Waals surface area contributed by atoms with E-state index in [0.717, 1.165) is 6.42 Å². The first-order valence-electron chi connectivity index (χ1n) is 7.74. The number of hydrogen-bond acceptors (Lipinski definition) is 6. The largest absolute Gasteiger partial charge is 0.462 e. The third-order valence-corrected chi connectivity index (χ3v) is 3.67. The number of anilines is 1. The first kappa shape index (κ1) is 17.6. The minimum Gasteiger partial charge on any atom is -0.462 e. The molecule has 0 spiro atoms. The second kappa shape index (κ2) is 8.19. The maximum Gasteiger partial charge on any atom is 0.410 e. The maximum absolute atomic E-state index is 12.3. The lowest BCUT2D eigenvalue weighted by molar-refractivity contribution is -0.124. The van der Waals surface area contributed by atoms with Gasteiger partial charge in [0.2, 0.25) is 0 Å². The summed E-state index contributed by atoms with van der Waals surface area (Å²) in [4.78, 5) is 37.0. The van der Waals surface area contributed by atoms with Crippen molar-refractivity contribution in [1.29, 1.82) is 0 Å².